The highest BCUT2D eigenvalue weighted by atomic mass is 19.4. The first-order chi connectivity index (χ1) is 12.2. The largest absolute Gasteiger partial charge is 0.458 e. The van der Waals surface area contributed by atoms with E-state index in [2.05, 4.69) is 0 Å². The van der Waals surface area contributed by atoms with Crippen molar-refractivity contribution in [2.45, 2.75) is 26.1 Å². The molecule has 7 heteroatoms. The number of carbonyl (C=O) groups is 1. The van der Waals surface area contributed by atoms with E-state index in [-0.39, 0.29) is 22.2 Å². The quantitative estimate of drug-likeness (QED) is 0.518. The lowest BCUT2D eigenvalue weighted by Gasteiger charge is -2.11. The van der Waals surface area contributed by atoms with Crippen molar-refractivity contribution >= 4 is 16.9 Å². The molecule has 0 aliphatic rings. The predicted molar refractivity (Wildman–Crippen MR) is 90.1 cm³/mol. The van der Waals surface area contributed by atoms with Crippen LogP contribution in [-0.4, -0.2) is 22.0 Å². The van der Waals surface area contributed by atoms with Crippen molar-refractivity contribution in [1.29, 1.82) is 0 Å². The molecule has 0 aliphatic carbocycles. The topological polar surface area (TPSA) is 51.5 Å². The van der Waals surface area contributed by atoms with Crippen LogP contribution in [0.2, 0.25) is 0 Å². The van der Waals surface area contributed by atoms with Crippen LogP contribution in [0.15, 0.2) is 48.5 Å². The zero-order chi connectivity index (χ0) is 19.1. The number of carbonyl (C=O) groups excluding carboxylic acids is 1. The van der Waals surface area contributed by atoms with E-state index in [9.17, 15) is 23.2 Å². The molecule has 0 radical (unpaired) electrons. The maximum Gasteiger partial charge on any atom is 0.417 e. The molecule has 0 saturated carbocycles. The summed E-state index contributed by atoms with van der Waals surface area (Å²) in [6, 6.07) is 11.9. The van der Waals surface area contributed by atoms with Crippen molar-refractivity contribution in [1.82, 2.24) is 4.73 Å². The normalized spacial score (nSPS) is 11.9. The van der Waals surface area contributed by atoms with E-state index in [0.29, 0.717) is 10.3 Å². The molecule has 0 spiro atoms. The smallest absolute Gasteiger partial charge is 0.417 e. The summed E-state index contributed by atoms with van der Waals surface area (Å²) in [6.07, 6.45) is -5.12. The van der Waals surface area contributed by atoms with Gasteiger partial charge in [-0.3, -0.25) is 0 Å². The second kappa shape index (κ2) is 6.40. The molecule has 136 valence electrons. The SMILES string of the molecule is CC(C)OC(=O)c1cc2c(C(F)(F)F)cc(-c3ccccc3)cc2n1O. The maximum absolute atomic E-state index is 13.6. The highest BCUT2D eigenvalue weighted by Crippen LogP contribution is 2.39. The van der Waals surface area contributed by atoms with E-state index < -0.39 is 23.8 Å². The van der Waals surface area contributed by atoms with E-state index in [4.69, 9.17) is 4.74 Å². The molecule has 3 aromatic rings. The summed E-state index contributed by atoms with van der Waals surface area (Å²) in [6.45, 7) is 3.22. The minimum Gasteiger partial charge on any atom is -0.458 e. The fraction of sp³-hybridized carbons (Fsp3) is 0.211. The molecule has 4 nitrogen and oxygen atoms in total. The number of benzene rings is 2. The fourth-order valence-electron chi connectivity index (χ4n) is 2.74. The van der Waals surface area contributed by atoms with Crippen molar-refractivity contribution in [2.75, 3.05) is 0 Å². The van der Waals surface area contributed by atoms with Crippen molar-refractivity contribution in [3.8, 4) is 11.1 Å². The lowest BCUT2D eigenvalue weighted by molar-refractivity contribution is -0.136. The van der Waals surface area contributed by atoms with Crippen LogP contribution in [0.3, 0.4) is 0 Å². The van der Waals surface area contributed by atoms with E-state index >= 15 is 0 Å². The van der Waals surface area contributed by atoms with Gasteiger partial charge in [-0.1, -0.05) is 30.3 Å². The van der Waals surface area contributed by atoms with Crippen LogP contribution in [-0.2, 0) is 10.9 Å². The number of aromatic nitrogens is 1. The van der Waals surface area contributed by atoms with Gasteiger partial charge < -0.3 is 9.94 Å². The van der Waals surface area contributed by atoms with Crippen molar-refractivity contribution < 1.29 is 27.9 Å². The Labute approximate surface area is 147 Å². The van der Waals surface area contributed by atoms with Gasteiger partial charge in [0.15, 0.2) is 5.69 Å². The van der Waals surface area contributed by atoms with Crippen LogP contribution >= 0.6 is 0 Å². The number of ether oxygens (including phenoxy) is 1. The summed E-state index contributed by atoms with van der Waals surface area (Å²) in [5.41, 5.74) is -0.561. The highest BCUT2D eigenvalue weighted by molar-refractivity contribution is 5.98. The first-order valence-corrected chi connectivity index (χ1v) is 7.91. The minimum atomic E-state index is -4.65. The van der Waals surface area contributed by atoms with Crippen LogP contribution in [0.4, 0.5) is 13.2 Å². The van der Waals surface area contributed by atoms with Crippen LogP contribution in [0.1, 0.15) is 29.9 Å². The molecule has 0 fully saturated rings. The van der Waals surface area contributed by atoms with Gasteiger partial charge in [0.25, 0.3) is 0 Å². The second-order valence-corrected chi connectivity index (χ2v) is 6.12. The Balaban J connectivity index is 2.26. The number of alkyl halides is 3. The molecule has 2 aromatic carbocycles. The number of esters is 1. The van der Waals surface area contributed by atoms with Crippen molar-refractivity contribution in [2.24, 2.45) is 0 Å². The minimum absolute atomic E-state index is 0.116. The zero-order valence-electron chi connectivity index (χ0n) is 14.0. The number of fused-ring (bicyclic) bond motifs is 1. The Morgan fingerprint density at radius 1 is 1.08 bits per heavy atom. The monoisotopic (exact) mass is 363 g/mol. The molecule has 1 aromatic heterocycles. The van der Waals surface area contributed by atoms with Crippen molar-refractivity contribution in [3.05, 3.63) is 59.8 Å². The number of nitrogens with zero attached hydrogens (tertiary/aromatic N) is 1. The Hall–Kier alpha value is -2.96. The number of hydrogen-bond donors (Lipinski definition) is 1. The lowest BCUT2D eigenvalue weighted by atomic mass is 10.00. The third kappa shape index (κ3) is 3.24. The highest BCUT2D eigenvalue weighted by Gasteiger charge is 2.35. The van der Waals surface area contributed by atoms with Gasteiger partial charge in [0.2, 0.25) is 0 Å². The molecule has 0 saturated heterocycles. The summed E-state index contributed by atoms with van der Waals surface area (Å²) >= 11 is 0. The van der Waals surface area contributed by atoms with Gasteiger partial charge in [0, 0.05) is 5.39 Å². The summed E-state index contributed by atoms with van der Waals surface area (Å²) in [5, 5.41) is 10.0. The molecule has 0 aliphatic heterocycles. The standard InChI is InChI=1S/C19H16F3NO3/c1-11(2)26-18(24)17-10-14-15(19(20,21)22)8-13(9-16(14)23(17)25)12-6-4-3-5-7-12/h3-11,25H,1-2H3. The second-order valence-electron chi connectivity index (χ2n) is 6.12. The lowest BCUT2D eigenvalue weighted by Crippen LogP contribution is -2.14. The van der Waals surface area contributed by atoms with Gasteiger partial charge in [0.1, 0.15) is 0 Å². The van der Waals surface area contributed by atoms with Crippen LogP contribution in [0.5, 0.6) is 0 Å². The first-order valence-electron chi connectivity index (χ1n) is 7.91. The molecule has 1 heterocycles. The van der Waals surface area contributed by atoms with Crippen LogP contribution in [0.25, 0.3) is 22.0 Å². The third-order valence-corrected chi connectivity index (χ3v) is 3.86. The van der Waals surface area contributed by atoms with Crippen molar-refractivity contribution in [3.63, 3.8) is 0 Å². The zero-order valence-corrected chi connectivity index (χ0v) is 14.0. The Kier molecular flexibility index (Phi) is 4.39. The van der Waals surface area contributed by atoms with Gasteiger partial charge in [-0.25, -0.2) is 4.79 Å². The maximum atomic E-state index is 13.6. The van der Waals surface area contributed by atoms with Crippen LogP contribution in [0, 0.1) is 0 Å². The molecular formula is C19H16F3NO3. The number of rotatable bonds is 3. The fourth-order valence-corrected chi connectivity index (χ4v) is 2.74. The third-order valence-electron chi connectivity index (χ3n) is 3.86. The summed E-state index contributed by atoms with van der Waals surface area (Å²) in [7, 11) is 0. The van der Waals surface area contributed by atoms with Gasteiger partial charge >= 0.3 is 12.1 Å². The average Bonchev–Trinajstić information content (AvgIpc) is 2.90. The van der Waals surface area contributed by atoms with E-state index in [1.165, 1.54) is 6.07 Å². The molecule has 26 heavy (non-hydrogen) atoms. The first kappa shape index (κ1) is 17.8. The van der Waals surface area contributed by atoms with E-state index in [0.717, 1.165) is 12.1 Å². The van der Waals surface area contributed by atoms with E-state index in [1.54, 1.807) is 44.2 Å². The molecule has 0 amide bonds. The number of hydrogen-bond acceptors (Lipinski definition) is 3. The van der Waals surface area contributed by atoms with Gasteiger partial charge in [0.05, 0.1) is 17.2 Å². The Bertz CT molecular complexity index is 960. The predicted octanol–water partition coefficient (Wildman–Crippen LogP) is 5.13. The van der Waals surface area contributed by atoms with Gasteiger partial charge in [-0.15, -0.1) is 0 Å². The summed E-state index contributed by atoms with van der Waals surface area (Å²) in [5.74, 6) is -0.895. The molecule has 0 unspecified atom stereocenters. The summed E-state index contributed by atoms with van der Waals surface area (Å²) in [4.78, 5) is 12.1. The molecule has 0 bridgehead atoms. The molecule has 1 N–H and O–H groups in total. The van der Waals surface area contributed by atoms with Gasteiger partial charge in [-0.2, -0.15) is 17.9 Å². The molecule has 0 atom stereocenters. The van der Waals surface area contributed by atoms with E-state index in [1.807, 2.05) is 0 Å². The Morgan fingerprint density at radius 3 is 2.31 bits per heavy atom. The average molecular weight is 363 g/mol. The molecule has 3 rings (SSSR count). The van der Waals surface area contributed by atoms with Crippen LogP contribution < -0.4 is 0 Å². The van der Waals surface area contributed by atoms with Gasteiger partial charge in [-0.05, 0) is 43.2 Å². The summed E-state index contributed by atoms with van der Waals surface area (Å²) < 4.78 is 46.1. The number of halogens is 3. The Morgan fingerprint density at radius 2 is 1.73 bits per heavy atom. The molecular weight excluding hydrogens is 347 g/mol.